The summed E-state index contributed by atoms with van der Waals surface area (Å²) in [5, 5.41) is 0. The van der Waals surface area contributed by atoms with Crippen LogP contribution in [0.5, 0.6) is 0 Å². The van der Waals surface area contributed by atoms with E-state index in [2.05, 4.69) is 4.72 Å². The number of anilines is 1. The molecule has 1 aliphatic heterocycles. The summed E-state index contributed by atoms with van der Waals surface area (Å²) in [5.41, 5.74) is 7.30. The number of rotatable bonds is 3. The zero-order valence-electron chi connectivity index (χ0n) is 10.5. The zero-order chi connectivity index (χ0) is 13.2. The molecule has 2 rings (SSSR count). The van der Waals surface area contributed by atoms with Gasteiger partial charge in [-0.2, -0.15) is 13.1 Å². The summed E-state index contributed by atoms with van der Waals surface area (Å²) in [6, 6.07) is 7.51. The molecule has 1 aromatic rings. The third-order valence-electron chi connectivity index (χ3n) is 3.13. The minimum atomic E-state index is -3.40. The highest BCUT2D eigenvalue weighted by Gasteiger charge is 2.30. The Morgan fingerprint density at radius 1 is 1.50 bits per heavy atom. The van der Waals surface area contributed by atoms with Gasteiger partial charge >= 0.3 is 10.2 Å². The lowest BCUT2D eigenvalue weighted by molar-refractivity contribution is 0.459. The number of hydrogen-bond donors (Lipinski definition) is 2. The summed E-state index contributed by atoms with van der Waals surface area (Å²) in [4.78, 5) is 0. The average Bonchev–Trinajstić information content (AvgIpc) is 2.31. The molecular formula is C12H19N3O2S. The largest absolute Gasteiger partial charge is 0.330 e. The van der Waals surface area contributed by atoms with Gasteiger partial charge in [0.15, 0.2) is 0 Å². The van der Waals surface area contributed by atoms with Crippen molar-refractivity contribution in [2.24, 2.45) is 11.7 Å². The molecule has 1 aromatic carbocycles. The normalized spacial score (nSPS) is 23.0. The van der Waals surface area contributed by atoms with Gasteiger partial charge < -0.3 is 5.73 Å². The Balaban J connectivity index is 2.27. The lowest BCUT2D eigenvalue weighted by Gasteiger charge is -2.34. The lowest BCUT2D eigenvalue weighted by atomic mass is 10.1. The van der Waals surface area contributed by atoms with E-state index in [0.717, 1.165) is 12.0 Å². The fourth-order valence-electron chi connectivity index (χ4n) is 2.15. The van der Waals surface area contributed by atoms with Gasteiger partial charge in [-0.25, -0.2) is 0 Å². The van der Waals surface area contributed by atoms with Crippen LogP contribution >= 0.6 is 0 Å². The van der Waals surface area contributed by atoms with Gasteiger partial charge in [-0.1, -0.05) is 12.1 Å². The van der Waals surface area contributed by atoms with Gasteiger partial charge in [0.25, 0.3) is 0 Å². The van der Waals surface area contributed by atoms with Gasteiger partial charge in [0.05, 0.1) is 5.69 Å². The Kier molecular flexibility index (Phi) is 3.89. The van der Waals surface area contributed by atoms with Crippen LogP contribution in [0.4, 0.5) is 5.69 Å². The Labute approximate surface area is 108 Å². The summed E-state index contributed by atoms with van der Waals surface area (Å²) in [6.07, 6.45) is 0.824. The van der Waals surface area contributed by atoms with Gasteiger partial charge in [-0.15, -0.1) is 0 Å². The molecule has 5 nitrogen and oxygen atoms in total. The Morgan fingerprint density at radius 2 is 2.28 bits per heavy atom. The monoisotopic (exact) mass is 269 g/mol. The number of nitrogens with one attached hydrogen (secondary N) is 1. The minimum Gasteiger partial charge on any atom is -0.330 e. The summed E-state index contributed by atoms with van der Waals surface area (Å²) in [6.45, 7) is 3.50. The van der Waals surface area contributed by atoms with Crippen LogP contribution in [-0.2, 0) is 10.2 Å². The number of benzene rings is 1. The summed E-state index contributed by atoms with van der Waals surface area (Å²) in [7, 11) is -3.40. The van der Waals surface area contributed by atoms with Crippen LogP contribution in [0.25, 0.3) is 0 Å². The van der Waals surface area contributed by atoms with Crippen molar-refractivity contribution in [1.29, 1.82) is 0 Å². The van der Waals surface area contributed by atoms with Crippen molar-refractivity contribution in [1.82, 2.24) is 4.72 Å². The zero-order valence-corrected chi connectivity index (χ0v) is 11.3. The number of nitrogens with zero attached hydrogens (tertiary/aromatic N) is 1. The van der Waals surface area contributed by atoms with Crippen LogP contribution in [0, 0.1) is 12.8 Å². The van der Waals surface area contributed by atoms with Crippen molar-refractivity contribution in [2.45, 2.75) is 13.3 Å². The molecule has 6 heteroatoms. The molecule has 100 valence electrons. The van der Waals surface area contributed by atoms with Crippen LogP contribution in [0.1, 0.15) is 12.0 Å². The molecule has 0 saturated carbocycles. The fourth-order valence-corrected chi connectivity index (χ4v) is 3.55. The van der Waals surface area contributed by atoms with E-state index in [1.54, 1.807) is 0 Å². The number of nitrogens with two attached hydrogens (primary N) is 1. The molecular weight excluding hydrogens is 250 g/mol. The molecule has 0 bridgehead atoms. The molecule has 0 radical (unpaired) electrons. The van der Waals surface area contributed by atoms with Gasteiger partial charge in [0.2, 0.25) is 0 Å². The molecule has 1 unspecified atom stereocenters. The van der Waals surface area contributed by atoms with E-state index in [4.69, 9.17) is 5.73 Å². The fraction of sp³-hybridized carbons (Fsp3) is 0.500. The van der Waals surface area contributed by atoms with Crippen LogP contribution in [0.2, 0.25) is 0 Å². The molecule has 18 heavy (non-hydrogen) atoms. The molecule has 1 saturated heterocycles. The molecule has 1 atom stereocenters. The van der Waals surface area contributed by atoms with E-state index in [1.165, 1.54) is 4.31 Å². The van der Waals surface area contributed by atoms with Gasteiger partial charge in [0, 0.05) is 13.1 Å². The highest BCUT2D eigenvalue weighted by atomic mass is 32.2. The van der Waals surface area contributed by atoms with Gasteiger partial charge in [-0.05, 0) is 43.5 Å². The van der Waals surface area contributed by atoms with Crippen LogP contribution in [0.15, 0.2) is 24.3 Å². The van der Waals surface area contributed by atoms with Crippen molar-refractivity contribution in [2.75, 3.05) is 23.9 Å². The van der Waals surface area contributed by atoms with Gasteiger partial charge in [0.1, 0.15) is 0 Å². The quantitative estimate of drug-likeness (QED) is 0.844. The Bertz CT molecular complexity index is 516. The molecule has 0 aromatic heterocycles. The molecule has 0 spiro atoms. The minimum absolute atomic E-state index is 0.263. The van der Waals surface area contributed by atoms with Gasteiger partial charge in [-0.3, -0.25) is 4.31 Å². The Morgan fingerprint density at radius 3 is 2.94 bits per heavy atom. The van der Waals surface area contributed by atoms with Crippen molar-refractivity contribution < 1.29 is 8.42 Å². The summed E-state index contributed by atoms with van der Waals surface area (Å²) >= 11 is 0. The van der Waals surface area contributed by atoms with Crippen molar-refractivity contribution >= 4 is 15.9 Å². The topological polar surface area (TPSA) is 75.4 Å². The standard InChI is InChI=1S/C12H19N3O2S/c1-10-3-2-4-12(7-10)15-9-11(5-6-13)8-14-18(15,16)17/h2-4,7,11,14H,5-6,8-9,13H2,1H3. The molecule has 1 fully saturated rings. The van der Waals surface area contributed by atoms with Crippen molar-refractivity contribution in [3.8, 4) is 0 Å². The molecule has 3 N–H and O–H groups in total. The number of hydrogen-bond acceptors (Lipinski definition) is 3. The van der Waals surface area contributed by atoms with Crippen molar-refractivity contribution in [3.05, 3.63) is 29.8 Å². The maximum absolute atomic E-state index is 12.0. The summed E-state index contributed by atoms with van der Waals surface area (Å²) in [5.74, 6) is 0.263. The second kappa shape index (κ2) is 5.26. The van der Waals surface area contributed by atoms with Crippen LogP contribution < -0.4 is 14.8 Å². The first kappa shape index (κ1) is 13.3. The highest BCUT2D eigenvalue weighted by molar-refractivity contribution is 7.90. The van der Waals surface area contributed by atoms with Crippen LogP contribution in [0.3, 0.4) is 0 Å². The maximum Gasteiger partial charge on any atom is 0.301 e. The third kappa shape index (κ3) is 2.82. The third-order valence-corrected chi connectivity index (χ3v) is 4.60. The SMILES string of the molecule is Cc1cccc(N2CC(CCN)CNS2(=O)=O)c1. The Hall–Kier alpha value is -1.11. The van der Waals surface area contributed by atoms with Crippen LogP contribution in [-0.4, -0.2) is 28.1 Å². The summed E-state index contributed by atoms with van der Waals surface area (Å²) < 4.78 is 28.1. The molecule has 0 aliphatic carbocycles. The van der Waals surface area contributed by atoms with E-state index < -0.39 is 10.2 Å². The van der Waals surface area contributed by atoms with E-state index in [0.29, 0.717) is 25.3 Å². The van der Waals surface area contributed by atoms with E-state index >= 15 is 0 Å². The maximum atomic E-state index is 12.0. The average molecular weight is 269 g/mol. The molecule has 0 amide bonds. The van der Waals surface area contributed by atoms with E-state index in [-0.39, 0.29) is 5.92 Å². The number of aryl methyl sites for hydroxylation is 1. The van der Waals surface area contributed by atoms with E-state index in [9.17, 15) is 8.42 Å². The van der Waals surface area contributed by atoms with E-state index in [1.807, 2.05) is 31.2 Å². The first-order chi connectivity index (χ1) is 8.53. The second-order valence-corrected chi connectivity index (χ2v) is 6.35. The first-order valence-corrected chi connectivity index (χ1v) is 7.51. The molecule has 1 heterocycles. The predicted molar refractivity (Wildman–Crippen MR) is 72.6 cm³/mol. The highest BCUT2D eigenvalue weighted by Crippen LogP contribution is 2.23. The molecule has 1 aliphatic rings. The predicted octanol–water partition coefficient (Wildman–Crippen LogP) is 0.614. The van der Waals surface area contributed by atoms with Crippen molar-refractivity contribution in [3.63, 3.8) is 0 Å². The second-order valence-electron chi connectivity index (χ2n) is 4.67. The smallest absolute Gasteiger partial charge is 0.301 e. The lowest BCUT2D eigenvalue weighted by Crippen LogP contribution is -2.51. The first-order valence-electron chi connectivity index (χ1n) is 6.07.